The summed E-state index contributed by atoms with van der Waals surface area (Å²) in [5, 5.41) is 3.15. The van der Waals surface area contributed by atoms with Gasteiger partial charge in [0.2, 0.25) is 0 Å². The van der Waals surface area contributed by atoms with Gasteiger partial charge >= 0.3 is 0 Å². The molecule has 0 aliphatic heterocycles. The van der Waals surface area contributed by atoms with Crippen LogP contribution in [-0.4, -0.2) is 20.2 Å². The lowest BCUT2D eigenvalue weighted by Gasteiger charge is -2.10. The zero-order valence-corrected chi connectivity index (χ0v) is 12.6. The highest BCUT2D eigenvalue weighted by Crippen LogP contribution is 2.26. The van der Waals surface area contributed by atoms with Crippen molar-refractivity contribution in [3.8, 4) is 5.75 Å². The summed E-state index contributed by atoms with van der Waals surface area (Å²) in [5.41, 5.74) is 2.46. The highest BCUT2D eigenvalue weighted by Gasteiger charge is 2.02. The van der Waals surface area contributed by atoms with E-state index in [2.05, 4.69) is 47.2 Å². The molecule has 0 unspecified atom stereocenters. The van der Waals surface area contributed by atoms with E-state index in [9.17, 15) is 0 Å². The van der Waals surface area contributed by atoms with Crippen molar-refractivity contribution in [3.05, 3.63) is 27.7 Å². The van der Waals surface area contributed by atoms with Crippen LogP contribution in [0.15, 0.2) is 16.6 Å². The first-order chi connectivity index (χ1) is 8.15. The molecule has 0 fully saturated rings. The van der Waals surface area contributed by atoms with E-state index in [1.807, 2.05) is 7.05 Å². The average Bonchev–Trinajstić information content (AvgIpc) is 2.30. The standard InChI is InChI=1S/C14H22BrNO/c1-11-9-13(10-12(2)14(11)15)17-8-6-4-5-7-16-3/h9-10,16H,4-8H2,1-3H3. The predicted octanol–water partition coefficient (Wildman–Crippen LogP) is 3.83. The molecule has 1 rings (SSSR count). The number of benzene rings is 1. The van der Waals surface area contributed by atoms with E-state index in [4.69, 9.17) is 4.74 Å². The third-order valence-electron chi connectivity index (χ3n) is 2.75. The second-order valence-electron chi connectivity index (χ2n) is 4.38. The van der Waals surface area contributed by atoms with Gasteiger partial charge < -0.3 is 10.1 Å². The van der Waals surface area contributed by atoms with Gasteiger partial charge in [-0.2, -0.15) is 0 Å². The van der Waals surface area contributed by atoms with E-state index in [1.54, 1.807) is 0 Å². The minimum absolute atomic E-state index is 0.810. The summed E-state index contributed by atoms with van der Waals surface area (Å²) in [5.74, 6) is 0.983. The average molecular weight is 300 g/mol. The van der Waals surface area contributed by atoms with Gasteiger partial charge in [0, 0.05) is 4.47 Å². The molecule has 0 radical (unpaired) electrons. The van der Waals surface area contributed by atoms with Crippen molar-refractivity contribution in [2.45, 2.75) is 33.1 Å². The van der Waals surface area contributed by atoms with Crippen LogP contribution in [0.1, 0.15) is 30.4 Å². The van der Waals surface area contributed by atoms with Crippen LogP contribution in [-0.2, 0) is 0 Å². The van der Waals surface area contributed by atoms with Crippen LogP contribution >= 0.6 is 15.9 Å². The molecule has 1 aromatic carbocycles. The van der Waals surface area contributed by atoms with Crippen molar-refractivity contribution in [2.24, 2.45) is 0 Å². The maximum atomic E-state index is 5.76. The van der Waals surface area contributed by atoms with E-state index in [0.717, 1.165) is 25.3 Å². The van der Waals surface area contributed by atoms with Crippen molar-refractivity contribution in [1.82, 2.24) is 5.32 Å². The van der Waals surface area contributed by atoms with E-state index in [1.165, 1.54) is 28.4 Å². The van der Waals surface area contributed by atoms with Gasteiger partial charge in [-0.05, 0) is 70.0 Å². The molecule has 1 N–H and O–H groups in total. The maximum absolute atomic E-state index is 5.76. The largest absolute Gasteiger partial charge is 0.494 e. The Bertz CT molecular complexity index is 329. The summed E-state index contributed by atoms with van der Waals surface area (Å²) >= 11 is 3.56. The lowest BCUT2D eigenvalue weighted by Crippen LogP contribution is -2.08. The summed E-state index contributed by atoms with van der Waals surface area (Å²) in [7, 11) is 1.99. The minimum Gasteiger partial charge on any atom is -0.494 e. The van der Waals surface area contributed by atoms with E-state index in [0.29, 0.717) is 0 Å². The molecule has 0 atom stereocenters. The SMILES string of the molecule is CNCCCCCOc1cc(C)c(Br)c(C)c1. The van der Waals surface area contributed by atoms with E-state index in [-0.39, 0.29) is 0 Å². The molecular formula is C14H22BrNO. The minimum atomic E-state index is 0.810. The van der Waals surface area contributed by atoms with Crippen LogP contribution in [0.25, 0.3) is 0 Å². The number of nitrogens with one attached hydrogen (secondary N) is 1. The lowest BCUT2D eigenvalue weighted by atomic mass is 10.1. The first-order valence-corrected chi connectivity index (χ1v) is 6.98. The number of rotatable bonds is 7. The second kappa shape index (κ2) is 7.72. The molecule has 0 saturated carbocycles. The Morgan fingerprint density at radius 1 is 1.12 bits per heavy atom. The Labute approximate surface area is 113 Å². The number of halogens is 1. The van der Waals surface area contributed by atoms with Gasteiger partial charge in [-0.3, -0.25) is 0 Å². The lowest BCUT2D eigenvalue weighted by molar-refractivity contribution is 0.304. The van der Waals surface area contributed by atoms with Crippen molar-refractivity contribution in [3.63, 3.8) is 0 Å². The molecule has 0 saturated heterocycles. The molecule has 0 aliphatic carbocycles. The third-order valence-corrected chi connectivity index (χ3v) is 4.00. The zero-order chi connectivity index (χ0) is 12.7. The Morgan fingerprint density at radius 2 is 1.76 bits per heavy atom. The highest BCUT2D eigenvalue weighted by molar-refractivity contribution is 9.10. The van der Waals surface area contributed by atoms with Crippen LogP contribution in [0.4, 0.5) is 0 Å². The fourth-order valence-corrected chi connectivity index (χ4v) is 1.99. The summed E-state index contributed by atoms with van der Waals surface area (Å²) in [6, 6.07) is 4.18. The molecule has 0 spiro atoms. The smallest absolute Gasteiger partial charge is 0.119 e. The Morgan fingerprint density at radius 3 is 2.35 bits per heavy atom. The van der Waals surface area contributed by atoms with Gasteiger partial charge in [0.05, 0.1) is 6.61 Å². The normalized spacial score (nSPS) is 10.6. The maximum Gasteiger partial charge on any atom is 0.119 e. The first kappa shape index (κ1) is 14.5. The van der Waals surface area contributed by atoms with Crippen molar-refractivity contribution < 1.29 is 4.74 Å². The van der Waals surface area contributed by atoms with Gasteiger partial charge in [0.15, 0.2) is 0 Å². The molecule has 17 heavy (non-hydrogen) atoms. The molecule has 1 aromatic rings. The van der Waals surface area contributed by atoms with E-state index >= 15 is 0 Å². The Kier molecular flexibility index (Phi) is 6.60. The van der Waals surface area contributed by atoms with Crippen LogP contribution in [0.3, 0.4) is 0 Å². The molecule has 3 heteroatoms. The predicted molar refractivity (Wildman–Crippen MR) is 76.9 cm³/mol. The second-order valence-corrected chi connectivity index (χ2v) is 5.18. The monoisotopic (exact) mass is 299 g/mol. The number of ether oxygens (including phenoxy) is 1. The van der Waals surface area contributed by atoms with Gasteiger partial charge in [0.25, 0.3) is 0 Å². The summed E-state index contributed by atoms with van der Waals surface area (Å²) in [6.07, 6.45) is 3.56. The Balaban J connectivity index is 2.32. The van der Waals surface area contributed by atoms with Crippen molar-refractivity contribution in [1.29, 1.82) is 0 Å². The molecule has 2 nitrogen and oxygen atoms in total. The van der Waals surface area contributed by atoms with Gasteiger partial charge in [-0.1, -0.05) is 15.9 Å². The number of unbranched alkanes of at least 4 members (excludes halogenated alkanes) is 2. The quantitative estimate of drug-likeness (QED) is 0.773. The third kappa shape index (κ3) is 5.09. The first-order valence-electron chi connectivity index (χ1n) is 6.19. The van der Waals surface area contributed by atoms with Crippen molar-refractivity contribution in [2.75, 3.05) is 20.2 Å². The Hall–Kier alpha value is -0.540. The topological polar surface area (TPSA) is 21.3 Å². The number of hydrogen-bond donors (Lipinski definition) is 1. The van der Waals surface area contributed by atoms with E-state index < -0.39 is 0 Å². The summed E-state index contributed by atoms with van der Waals surface area (Å²) in [4.78, 5) is 0. The van der Waals surface area contributed by atoms with Gasteiger partial charge in [-0.15, -0.1) is 0 Å². The molecule has 0 aromatic heterocycles. The highest BCUT2D eigenvalue weighted by atomic mass is 79.9. The van der Waals surface area contributed by atoms with Gasteiger partial charge in [-0.25, -0.2) is 0 Å². The molecule has 0 heterocycles. The number of hydrogen-bond acceptors (Lipinski definition) is 2. The van der Waals surface area contributed by atoms with Crippen LogP contribution in [0.2, 0.25) is 0 Å². The summed E-state index contributed by atoms with van der Waals surface area (Å²) in [6.45, 7) is 6.09. The van der Waals surface area contributed by atoms with Crippen LogP contribution in [0.5, 0.6) is 5.75 Å². The molecule has 0 amide bonds. The molecule has 0 bridgehead atoms. The van der Waals surface area contributed by atoms with Crippen LogP contribution in [0, 0.1) is 13.8 Å². The summed E-state index contributed by atoms with van der Waals surface area (Å²) < 4.78 is 6.94. The van der Waals surface area contributed by atoms with Crippen molar-refractivity contribution >= 4 is 15.9 Å². The number of aryl methyl sites for hydroxylation is 2. The molecule has 0 aliphatic rings. The van der Waals surface area contributed by atoms with Gasteiger partial charge in [0.1, 0.15) is 5.75 Å². The molecular weight excluding hydrogens is 278 g/mol. The zero-order valence-electron chi connectivity index (χ0n) is 11.0. The molecule has 96 valence electrons. The van der Waals surface area contributed by atoms with Crippen LogP contribution < -0.4 is 10.1 Å². The fourth-order valence-electron chi connectivity index (χ4n) is 1.76. The fraction of sp³-hybridized carbons (Fsp3) is 0.571.